The van der Waals surface area contributed by atoms with Gasteiger partial charge in [-0.25, -0.2) is 0 Å². The first-order chi connectivity index (χ1) is 13.7. The lowest BCUT2D eigenvalue weighted by Gasteiger charge is -2.22. The van der Waals surface area contributed by atoms with Gasteiger partial charge in [-0.3, -0.25) is 0 Å². The first-order valence-electron chi connectivity index (χ1n) is 10.1. The summed E-state index contributed by atoms with van der Waals surface area (Å²) in [6.07, 6.45) is 7.81. The lowest BCUT2D eigenvalue weighted by molar-refractivity contribution is -0.567. The second-order valence-electron chi connectivity index (χ2n) is 6.91. The zero-order valence-corrected chi connectivity index (χ0v) is 17.1. The summed E-state index contributed by atoms with van der Waals surface area (Å²) in [5, 5.41) is 10.0. The van der Waals surface area contributed by atoms with Crippen LogP contribution >= 0.6 is 0 Å². The molecule has 0 saturated carbocycles. The van der Waals surface area contributed by atoms with Crippen LogP contribution in [-0.2, 0) is 0 Å². The Labute approximate surface area is 168 Å². The Morgan fingerprint density at radius 2 is 1.32 bits per heavy atom. The van der Waals surface area contributed by atoms with Gasteiger partial charge >= 0.3 is 0 Å². The third-order valence-corrected chi connectivity index (χ3v) is 5.10. The van der Waals surface area contributed by atoms with Crippen molar-refractivity contribution in [1.82, 2.24) is 0 Å². The van der Waals surface area contributed by atoms with E-state index in [0.717, 1.165) is 25.2 Å². The largest absolute Gasteiger partial charge is 0.372 e. The van der Waals surface area contributed by atoms with Crippen LogP contribution in [0.2, 0.25) is 0 Å². The topological polar surface area (TPSA) is 43.7 Å². The van der Waals surface area contributed by atoms with Crippen LogP contribution in [0.4, 0.5) is 11.4 Å². The first-order valence-corrected chi connectivity index (χ1v) is 10.1. The highest BCUT2D eigenvalue weighted by Gasteiger charge is 2.12. The molecule has 0 unspecified atom stereocenters. The normalized spacial score (nSPS) is 13.1. The van der Waals surface area contributed by atoms with Crippen LogP contribution < -0.4 is 10.2 Å². The van der Waals surface area contributed by atoms with Gasteiger partial charge in [-0.15, -0.1) is 0 Å². The number of anilines is 1. The van der Waals surface area contributed by atoms with Crippen molar-refractivity contribution in [3.63, 3.8) is 0 Å². The number of quaternary nitrogens is 1. The van der Waals surface area contributed by atoms with Gasteiger partial charge in [-0.1, -0.05) is 24.3 Å². The Morgan fingerprint density at radius 1 is 0.786 bits per heavy atom. The summed E-state index contributed by atoms with van der Waals surface area (Å²) in [5.41, 5.74) is 7.77. The molecule has 0 atom stereocenters. The maximum atomic E-state index is 7.82. The fourth-order valence-corrected chi connectivity index (χ4v) is 3.59. The van der Waals surface area contributed by atoms with Crippen molar-refractivity contribution in [2.24, 2.45) is 0 Å². The van der Waals surface area contributed by atoms with E-state index in [1.807, 2.05) is 24.3 Å². The first kappa shape index (κ1) is 19.8. The van der Waals surface area contributed by atoms with Gasteiger partial charge < -0.3 is 15.6 Å². The third kappa shape index (κ3) is 4.49. The molecule has 0 radical (unpaired) electrons. The summed E-state index contributed by atoms with van der Waals surface area (Å²) in [6.45, 7) is 9.58. The molecule has 0 heterocycles. The van der Waals surface area contributed by atoms with Crippen molar-refractivity contribution < 1.29 is 5.32 Å². The Bertz CT molecular complexity index is 878. The molecule has 0 aromatic heterocycles. The van der Waals surface area contributed by atoms with Gasteiger partial charge in [0, 0.05) is 18.8 Å². The van der Waals surface area contributed by atoms with E-state index in [2.05, 4.69) is 79.5 Å². The van der Waals surface area contributed by atoms with Gasteiger partial charge in [0.25, 0.3) is 0 Å². The minimum Gasteiger partial charge on any atom is -0.372 e. The molecule has 0 bridgehead atoms. The molecule has 1 aliphatic rings. The molecule has 0 spiro atoms. The molecule has 3 rings (SSSR count). The fraction of sp³-hybridized carbons (Fsp3) is 0.240. The maximum Gasteiger partial charge on any atom is 0.129 e. The fourth-order valence-electron chi connectivity index (χ4n) is 3.59. The summed E-state index contributed by atoms with van der Waals surface area (Å²) in [4.78, 5) is 2.35. The predicted molar refractivity (Wildman–Crippen MR) is 121 cm³/mol. The Balaban J connectivity index is 2.05. The van der Waals surface area contributed by atoms with Crippen LogP contribution in [0.3, 0.4) is 0 Å². The number of nitrogens with two attached hydrogens (primary N) is 1. The lowest BCUT2D eigenvalue weighted by atomic mass is 9.90. The second-order valence-corrected chi connectivity index (χ2v) is 6.91. The molecule has 2 aromatic carbocycles. The van der Waals surface area contributed by atoms with E-state index in [1.54, 1.807) is 0 Å². The van der Waals surface area contributed by atoms with Crippen LogP contribution in [0.25, 0.3) is 5.57 Å². The van der Waals surface area contributed by atoms with E-state index < -0.39 is 0 Å². The SMILES string of the molecule is CC[NH2+]c1ccc(C(=C2C=CC(=N)C=C2)c2ccc(N(CC)CC)cc2)cc1. The predicted octanol–water partition coefficient (Wildman–Crippen LogP) is 4.70. The summed E-state index contributed by atoms with van der Waals surface area (Å²) in [7, 11) is 0. The Morgan fingerprint density at radius 3 is 1.82 bits per heavy atom. The molecular formula is C25H30N3+. The van der Waals surface area contributed by atoms with Crippen molar-refractivity contribution in [2.75, 3.05) is 24.5 Å². The molecule has 3 nitrogen and oxygen atoms in total. The van der Waals surface area contributed by atoms with Crippen molar-refractivity contribution >= 4 is 22.7 Å². The van der Waals surface area contributed by atoms with E-state index in [4.69, 9.17) is 5.41 Å². The number of allylic oxidation sites excluding steroid dienone is 5. The van der Waals surface area contributed by atoms with Gasteiger partial charge in [0.2, 0.25) is 0 Å². The average molecular weight is 373 g/mol. The molecule has 144 valence electrons. The average Bonchev–Trinajstić information content (AvgIpc) is 2.73. The number of rotatable bonds is 7. The molecule has 0 aliphatic heterocycles. The van der Waals surface area contributed by atoms with Crippen molar-refractivity contribution in [2.45, 2.75) is 20.8 Å². The van der Waals surface area contributed by atoms with E-state index >= 15 is 0 Å². The van der Waals surface area contributed by atoms with Gasteiger partial charge in [0.15, 0.2) is 0 Å². The van der Waals surface area contributed by atoms with Crippen LogP contribution in [0, 0.1) is 5.41 Å². The van der Waals surface area contributed by atoms with Crippen LogP contribution in [-0.4, -0.2) is 25.3 Å². The lowest BCUT2D eigenvalue weighted by Crippen LogP contribution is -2.77. The molecular weight excluding hydrogens is 342 g/mol. The number of hydrogen-bond acceptors (Lipinski definition) is 2. The molecule has 0 fully saturated rings. The number of benzene rings is 2. The minimum absolute atomic E-state index is 0.535. The summed E-state index contributed by atoms with van der Waals surface area (Å²) < 4.78 is 0. The van der Waals surface area contributed by atoms with Gasteiger partial charge in [-0.2, -0.15) is 0 Å². The van der Waals surface area contributed by atoms with Crippen LogP contribution in [0.1, 0.15) is 31.9 Å². The van der Waals surface area contributed by atoms with E-state index in [1.165, 1.54) is 28.1 Å². The zero-order valence-electron chi connectivity index (χ0n) is 17.1. The van der Waals surface area contributed by atoms with E-state index in [9.17, 15) is 0 Å². The third-order valence-electron chi connectivity index (χ3n) is 5.10. The van der Waals surface area contributed by atoms with E-state index in [0.29, 0.717) is 5.71 Å². The smallest absolute Gasteiger partial charge is 0.129 e. The Kier molecular flexibility index (Phi) is 6.62. The van der Waals surface area contributed by atoms with Crippen molar-refractivity contribution in [3.05, 3.63) is 89.5 Å². The molecule has 28 heavy (non-hydrogen) atoms. The Hall–Kier alpha value is -2.91. The van der Waals surface area contributed by atoms with Crippen LogP contribution in [0.5, 0.6) is 0 Å². The molecule has 3 N–H and O–H groups in total. The standard InChI is InChI=1S/C25H29N3/c1-4-27-23-15-9-20(10-16-23)25(19-7-13-22(26)14-8-19)21-11-17-24(18-12-21)28(5-2)6-3/h7-18,26-27H,4-6H2,1-3H3/p+1. The van der Waals surface area contributed by atoms with Gasteiger partial charge in [0.05, 0.1) is 12.3 Å². The number of nitrogens with zero attached hydrogens (tertiary/aromatic N) is 1. The summed E-state index contributed by atoms with van der Waals surface area (Å²) >= 11 is 0. The quantitative estimate of drug-likeness (QED) is 0.680. The molecule has 0 saturated heterocycles. The number of nitrogens with one attached hydrogen (secondary N) is 1. The summed E-state index contributed by atoms with van der Waals surface area (Å²) in [6, 6.07) is 17.6. The maximum absolute atomic E-state index is 7.82. The van der Waals surface area contributed by atoms with Gasteiger partial charge in [-0.05, 0) is 91.6 Å². The minimum atomic E-state index is 0.535. The monoisotopic (exact) mass is 372 g/mol. The molecule has 2 aromatic rings. The highest BCUT2D eigenvalue weighted by Crippen LogP contribution is 2.31. The van der Waals surface area contributed by atoms with Crippen LogP contribution in [0.15, 0.2) is 78.4 Å². The van der Waals surface area contributed by atoms with Gasteiger partial charge in [0.1, 0.15) is 5.69 Å². The zero-order chi connectivity index (χ0) is 19.9. The van der Waals surface area contributed by atoms with Crippen molar-refractivity contribution in [1.29, 1.82) is 5.41 Å². The highest BCUT2D eigenvalue weighted by molar-refractivity contribution is 6.05. The van der Waals surface area contributed by atoms with E-state index in [-0.39, 0.29) is 0 Å². The summed E-state index contributed by atoms with van der Waals surface area (Å²) in [5.74, 6) is 0. The second kappa shape index (κ2) is 9.34. The molecule has 0 amide bonds. The molecule has 1 aliphatic carbocycles. The highest BCUT2D eigenvalue weighted by atomic mass is 15.1. The number of hydrogen-bond donors (Lipinski definition) is 2. The van der Waals surface area contributed by atoms with Crippen molar-refractivity contribution in [3.8, 4) is 0 Å². The molecule has 3 heteroatoms.